The number of esters is 1. The van der Waals surface area contributed by atoms with Crippen LogP contribution in [0, 0.1) is 18.8 Å². The van der Waals surface area contributed by atoms with Crippen LogP contribution < -0.4 is 26.6 Å². The number of anilines is 3. The van der Waals surface area contributed by atoms with Gasteiger partial charge in [0.2, 0.25) is 11.9 Å². The molecule has 5 N–H and O–H groups in total. The van der Waals surface area contributed by atoms with Crippen molar-refractivity contribution in [2.75, 3.05) is 42.1 Å². The van der Waals surface area contributed by atoms with Gasteiger partial charge < -0.3 is 38.2 Å². The summed E-state index contributed by atoms with van der Waals surface area (Å²) >= 11 is 0. The fourth-order valence-corrected chi connectivity index (χ4v) is 6.69. The molecule has 5 aromatic rings. The number of aromatic nitrogens is 5. The van der Waals surface area contributed by atoms with Crippen molar-refractivity contribution in [3.8, 4) is 11.3 Å². The fourth-order valence-electron chi connectivity index (χ4n) is 6.69. The summed E-state index contributed by atoms with van der Waals surface area (Å²) in [5, 5.41) is 22.3. The number of ether oxygens (including phenoxy) is 1. The van der Waals surface area contributed by atoms with E-state index in [0.717, 1.165) is 46.1 Å². The van der Waals surface area contributed by atoms with Gasteiger partial charge in [-0.2, -0.15) is 19.6 Å². The summed E-state index contributed by atoms with van der Waals surface area (Å²) in [6, 6.07) is 14.7. The molecule has 2 aromatic carbocycles. The summed E-state index contributed by atoms with van der Waals surface area (Å²) in [6.07, 6.45) is 4.04. The first-order valence-electron chi connectivity index (χ1n) is 18.3. The van der Waals surface area contributed by atoms with Crippen LogP contribution in [0.4, 0.5) is 22.0 Å². The van der Waals surface area contributed by atoms with Crippen LogP contribution in [0.1, 0.15) is 51.2 Å². The molecule has 13 nitrogen and oxygen atoms in total. The van der Waals surface area contributed by atoms with Gasteiger partial charge in [0.15, 0.2) is 11.5 Å². The molecule has 4 heterocycles. The van der Waals surface area contributed by atoms with E-state index < -0.39 is 17.8 Å². The zero-order valence-corrected chi connectivity index (χ0v) is 33.6. The predicted octanol–water partition coefficient (Wildman–Crippen LogP) is 5.88. The van der Waals surface area contributed by atoms with Crippen LogP contribution in [0.15, 0.2) is 73.3 Å². The fraction of sp³-hybridized carbons (Fsp3) is 0.375. The minimum absolute atomic E-state index is 0. The number of fused-ring (bicyclic) bond motifs is 2. The van der Waals surface area contributed by atoms with Crippen LogP contribution in [0.5, 0.6) is 0 Å². The van der Waals surface area contributed by atoms with Crippen molar-refractivity contribution in [2.24, 2.45) is 11.8 Å². The summed E-state index contributed by atoms with van der Waals surface area (Å²) in [7, 11) is 0. The first kappa shape index (κ1) is 39.7. The number of halogens is 1. The van der Waals surface area contributed by atoms with Crippen LogP contribution in [-0.2, 0) is 20.9 Å². The minimum atomic E-state index is -1.06. The number of benzene rings is 2. The van der Waals surface area contributed by atoms with Crippen LogP contribution in [0.25, 0.3) is 27.7 Å². The molecule has 55 heavy (non-hydrogen) atoms. The van der Waals surface area contributed by atoms with E-state index in [4.69, 9.17) is 19.7 Å². The summed E-state index contributed by atoms with van der Waals surface area (Å²) in [6.45, 7) is 17.8. The van der Waals surface area contributed by atoms with Crippen molar-refractivity contribution in [3.63, 3.8) is 0 Å². The Hall–Kier alpha value is -6.47. The van der Waals surface area contributed by atoms with Crippen LogP contribution in [0.2, 0.25) is 0 Å². The minimum Gasteiger partial charge on any atom is -0.459 e. The van der Waals surface area contributed by atoms with Crippen molar-refractivity contribution in [1.82, 2.24) is 35.2 Å². The van der Waals surface area contributed by atoms with Gasteiger partial charge in [0.1, 0.15) is 12.1 Å². The molecule has 1 saturated heterocycles. The quantitative estimate of drug-likeness (QED) is 0.0485. The average molecular weight is 998 g/mol. The maximum absolute atomic E-state index is 13.3. The summed E-state index contributed by atoms with van der Waals surface area (Å²) < 4.78 is 21.1. The third-order valence-electron chi connectivity index (χ3n) is 9.63. The Morgan fingerprint density at radius 3 is 2.65 bits per heavy atom. The van der Waals surface area contributed by atoms with Crippen molar-refractivity contribution in [3.05, 3.63) is 91.4 Å². The topological polar surface area (TPSA) is 159 Å². The van der Waals surface area contributed by atoms with Crippen LogP contribution >= 0.6 is 0 Å². The molecule has 1 aliphatic rings. The molecule has 1 amide bonds. The third-order valence-corrected chi connectivity index (χ3v) is 9.63. The zero-order chi connectivity index (χ0) is 38.4. The SMILES string of the molecule is C=C(F)C(=O)Nc1ccc2c(-c3ccccc3CNc3nc(NC[C@H]4CCNC[C@@H]4OC(=O)[C@@H](NC[CH2-])C(C)C)nc4c(C(C)C)cnn34)nccc2c1.[Lr]. The van der Waals surface area contributed by atoms with E-state index in [1.165, 1.54) is 0 Å². The number of nitrogens with zero attached hydrogens (tertiary/aromatic N) is 5. The van der Waals surface area contributed by atoms with Gasteiger partial charge in [0.25, 0.3) is 5.91 Å². The summed E-state index contributed by atoms with van der Waals surface area (Å²) in [5.74, 6) is -0.967. The third kappa shape index (κ3) is 9.02. The van der Waals surface area contributed by atoms with E-state index in [0.29, 0.717) is 49.4 Å². The Morgan fingerprint density at radius 2 is 1.91 bits per heavy atom. The molecular formula is C40H48FLrN10O3-. The number of carbonyl (C=O) groups is 2. The maximum atomic E-state index is 13.3. The van der Waals surface area contributed by atoms with E-state index in [1.807, 2.05) is 56.4 Å². The van der Waals surface area contributed by atoms with E-state index >= 15 is 0 Å². The Kier molecular flexibility index (Phi) is 12.7. The number of piperidine rings is 1. The van der Waals surface area contributed by atoms with Gasteiger partial charge in [-0.15, -0.1) is 6.54 Å². The molecule has 1 aliphatic heterocycles. The molecule has 0 spiro atoms. The average Bonchev–Trinajstić information content (AvgIpc) is 3.60. The maximum Gasteiger partial charge on any atom is 0.323 e. The van der Waals surface area contributed by atoms with Crippen molar-refractivity contribution in [2.45, 2.75) is 58.7 Å². The normalized spacial score (nSPS) is 16.1. The Morgan fingerprint density at radius 1 is 1.11 bits per heavy atom. The first-order valence-corrected chi connectivity index (χ1v) is 18.3. The van der Waals surface area contributed by atoms with Crippen molar-refractivity contribution >= 4 is 45.9 Å². The van der Waals surface area contributed by atoms with Gasteiger partial charge in [0.05, 0.1) is 11.9 Å². The van der Waals surface area contributed by atoms with Gasteiger partial charge in [-0.1, -0.05) is 64.6 Å². The standard InChI is InChI=1S/C40H48FN10O3.Lr/c1-7-43-34(24(4)5)38(53)54-33-22-42-16-14-28(33)20-45-39-49-36-32(23(2)3)21-47-51(36)40(50-39)46-19-27-10-8-9-11-30(27)35-31-13-12-29(48-37(52)25(6)41)18-26(31)15-17-44-35;/h8-13,15,17-18,21,23-24,28,33-34,42-43H,1,6-7,14,16,19-20,22H2,2-5H3,(H,48,52)(H2,45,46,49,50);/q-1;/t28-,33+,34+;/m1./s1. The van der Waals surface area contributed by atoms with Gasteiger partial charge in [0, 0.05) is 53.9 Å². The molecule has 1 fully saturated rings. The van der Waals surface area contributed by atoms with E-state index in [9.17, 15) is 14.0 Å². The number of amides is 1. The molecular weight excluding hydrogens is 950 g/mol. The van der Waals surface area contributed by atoms with E-state index in [2.05, 4.69) is 59.0 Å². The molecule has 1 radical (unpaired) electrons. The number of hydrogen-bond acceptors (Lipinski definition) is 11. The van der Waals surface area contributed by atoms with Gasteiger partial charge in [-0.25, -0.2) is 4.39 Å². The van der Waals surface area contributed by atoms with E-state index in [1.54, 1.807) is 22.8 Å². The van der Waals surface area contributed by atoms with Crippen LogP contribution in [0.3, 0.4) is 0 Å². The Labute approximate surface area is 314 Å². The first-order chi connectivity index (χ1) is 26.0. The smallest absolute Gasteiger partial charge is 0.323 e. The predicted molar refractivity (Wildman–Crippen MR) is 210 cm³/mol. The molecule has 0 unspecified atom stereocenters. The number of pyridine rings is 1. The Balaban J connectivity index is 0.00000580. The molecule has 3 aromatic heterocycles. The molecule has 0 bridgehead atoms. The van der Waals surface area contributed by atoms with Gasteiger partial charge >= 0.3 is 5.97 Å². The second-order valence-corrected chi connectivity index (χ2v) is 14.1. The molecule has 299 valence electrons. The number of nitrogens with one attached hydrogen (secondary N) is 5. The zero-order valence-electron chi connectivity index (χ0n) is 31.4. The Bertz CT molecular complexity index is 2140. The molecule has 15 heteroatoms. The number of rotatable bonds is 15. The second kappa shape index (κ2) is 17.6. The molecule has 6 rings (SSSR count). The van der Waals surface area contributed by atoms with E-state index in [-0.39, 0.29) is 29.8 Å². The summed E-state index contributed by atoms with van der Waals surface area (Å²) in [4.78, 5) is 39.5. The van der Waals surface area contributed by atoms with Crippen molar-refractivity contribution in [1.29, 1.82) is 0 Å². The second-order valence-electron chi connectivity index (χ2n) is 14.1. The monoisotopic (exact) mass is 997 g/mol. The van der Waals surface area contributed by atoms with Crippen LogP contribution in [-0.4, -0.2) is 74.8 Å². The number of hydrogen-bond donors (Lipinski definition) is 5. The summed E-state index contributed by atoms with van der Waals surface area (Å²) in [5.41, 5.74) is 4.77. The number of carbonyl (C=O) groups excluding carboxylic acids is 2. The van der Waals surface area contributed by atoms with Crippen molar-refractivity contribution < 1.29 is 18.7 Å². The van der Waals surface area contributed by atoms with Gasteiger partial charge in [-0.3, -0.25) is 14.6 Å². The van der Waals surface area contributed by atoms with Gasteiger partial charge in [-0.05, 0) is 54.0 Å². The molecule has 0 aliphatic carbocycles. The molecule has 3 atom stereocenters. The molecule has 0 saturated carbocycles. The largest absolute Gasteiger partial charge is 0.459 e.